The van der Waals surface area contributed by atoms with Crippen LogP contribution in [-0.2, 0) is 4.79 Å². The molecule has 0 atom stereocenters. The Labute approximate surface area is 126 Å². The lowest BCUT2D eigenvalue weighted by Gasteiger charge is -2.26. The first-order valence-corrected chi connectivity index (χ1v) is 7.56. The number of nitrogens with one attached hydrogen (secondary N) is 1. The number of rotatable bonds is 3. The molecule has 4 nitrogen and oxygen atoms in total. The van der Waals surface area contributed by atoms with Crippen LogP contribution < -0.4 is 5.32 Å². The van der Waals surface area contributed by atoms with E-state index in [1.165, 1.54) is 0 Å². The highest BCUT2D eigenvalue weighted by Crippen LogP contribution is 2.25. The van der Waals surface area contributed by atoms with E-state index in [4.69, 9.17) is 5.11 Å². The second-order valence-electron chi connectivity index (χ2n) is 5.32. The van der Waals surface area contributed by atoms with Crippen molar-refractivity contribution in [3.8, 4) is 0 Å². The quantitative estimate of drug-likeness (QED) is 0.888. The Kier molecular flexibility index (Phi) is 4.81. The van der Waals surface area contributed by atoms with E-state index in [2.05, 4.69) is 21.2 Å². The van der Waals surface area contributed by atoms with Crippen LogP contribution in [0.1, 0.15) is 41.6 Å². The number of aryl methyl sites for hydroxylation is 1. The maximum atomic E-state index is 12.1. The molecule has 108 valence electrons. The van der Waals surface area contributed by atoms with E-state index >= 15 is 0 Å². The van der Waals surface area contributed by atoms with Gasteiger partial charge in [0.15, 0.2) is 0 Å². The van der Waals surface area contributed by atoms with E-state index in [1.54, 1.807) is 6.07 Å². The minimum absolute atomic E-state index is 0.0839. The largest absolute Gasteiger partial charge is 0.481 e. The van der Waals surface area contributed by atoms with Crippen molar-refractivity contribution in [1.29, 1.82) is 0 Å². The summed E-state index contributed by atoms with van der Waals surface area (Å²) in [6.07, 6.45) is 2.75. The van der Waals surface area contributed by atoms with Crippen LogP contribution in [0.3, 0.4) is 0 Å². The molecule has 0 aromatic heterocycles. The summed E-state index contributed by atoms with van der Waals surface area (Å²) >= 11 is 3.41. The van der Waals surface area contributed by atoms with Gasteiger partial charge in [-0.25, -0.2) is 0 Å². The van der Waals surface area contributed by atoms with Gasteiger partial charge in [-0.05, 0) is 56.4 Å². The molecular formula is C15H18BrNO3. The van der Waals surface area contributed by atoms with Crippen molar-refractivity contribution in [2.75, 3.05) is 0 Å². The van der Waals surface area contributed by atoms with Crippen LogP contribution in [-0.4, -0.2) is 23.0 Å². The highest BCUT2D eigenvalue weighted by atomic mass is 79.9. The molecule has 1 saturated carbocycles. The van der Waals surface area contributed by atoms with Crippen LogP contribution in [0.2, 0.25) is 0 Å². The molecule has 1 fully saturated rings. The Hall–Kier alpha value is -1.36. The van der Waals surface area contributed by atoms with Gasteiger partial charge in [-0.1, -0.05) is 15.9 Å². The normalized spacial score (nSPS) is 22.3. The monoisotopic (exact) mass is 339 g/mol. The molecule has 0 unspecified atom stereocenters. The summed E-state index contributed by atoms with van der Waals surface area (Å²) in [4.78, 5) is 23.0. The van der Waals surface area contributed by atoms with E-state index < -0.39 is 5.97 Å². The smallest absolute Gasteiger partial charge is 0.306 e. The van der Waals surface area contributed by atoms with Crippen LogP contribution in [0.5, 0.6) is 0 Å². The van der Waals surface area contributed by atoms with Crippen molar-refractivity contribution in [2.45, 2.75) is 38.6 Å². The Bertz CT molecular complexity index is 522. The number of amides is 1. The molecule has 2 N–H and O–H groups in total. The molecular weight excluding hydrogens is 322 g/mol. The molecule has 5 heteroatoms. The minimum atomic E-state index is -0.724. The third-order valence-electron chi connectivity index (χ3n) is 3.83. The summed E-state index contributed by atoms with van der Waals surface area (Å²) in [6, 6.07) is 5.59. The number of carboxylic acids is 1. The van der Waals surface area contributed by atoms with Gasteiger partial charge in [0.25, 0.3) is 5.91 Å². The highest BCUT2D eigenvalue weighted by Gasteiger charge is 2.26. The van der Waals surface area contributed by atoms with Crippen molar-refractivity contribution in [2.24, 2.45) is 5.92 Å². The van der Waals surface area contributed by atoms with E-state index in [-0.39, 0.29) is 17.9 Å². The van der Waals surface area contributed by atoms with Gasteiger partial charge in [0.05, 0.1) is 5.92 Å². The van der Waals surface area contributed by atoms with Crippen molar-refractivity contribution in [3.63, 3.8) is 0 Å². The summed E-state index contributed by atoms with van der Waals surface area (Å²) in [5.41, 5.74) is 1.67. The maximum Gasteiger partial charge on any atom is 0.306 e. The van der Waals surface area contributed by atoms with Gasteiger partial charge in [-0.3, -0.25) is 9.59 Å². The van der Waals surface area contributed by atoms with E-state index in [1.807, 2.05) is 19.1 Å². The number of halogens is 1. The molecule has 1 amide bonds. The molecule has 0 aliphatic heterocycles. The van der Waals surface area contributed by atoms with Crippen molar-refractivity contribution in [1.82, 2.24) is 5.32 Å². The molecule has 0 spiro atoms. The van der Waals surface area contributed by atoms with Gasteiger partial charge in [-0.15, -0.1) is 0 Å². The molecule has 0 heterocycles. The predicted octanol–water partition coefficient (Wildman–Crippen LogP) is 3.13. The summed E-state index contributed by atoms with van der Waals surface area (Å²) < 4.78 is 0.982. The Morgan fingerprint density at radius 2 is 1.90 bits per heavy atom. The van der Waals surface area contributed by atoms with Gasteiger partial charge in [0, 0.05) is 16.1 Å². The summed E-state index contributed by atoms with van der Waals surface area (Å²) in [5.74, 6) is -1.06. The minimum Gasteiger partial charge on any atom is -0.481 e. The molecule has 1 aromatic carbocycles. The lowest BCUT2D eigenvalue weighted by atomic mass is 9.86. The second-order valence-corrected chi connectivity index (χ2v) is 6.18. The standard InChI is InChI=1S/C15H18BrNO3/c1-9-8-11(4-7-13(9)16)14(18)17-12-5-2-10(3-6-12)15(19)20/h4,7-8,10,12H,2-3,5-6H2,1H3,(H,17,18)(H,19,20). The van der Waals surface area contributed by atoms with Crippen LogP contribution >= 0.6 is 15.9 Å². The Morgan fingerprint density at radius 3 is 2.45 bits per heavy atom. The van der Waals surface area contributed by atoms with Crippen molar-refractivity contribution < 1.29 is 14.7 Å². The van der Waals surface area contributed by atoms with E-state index in [9.17, 15) is 9.59 Å². The van der Waals surface area contributed by atoms with Crippen LogP contribution in [0.15, 0.2) is 22.7 Å². The number of hydrogen-bond donors (Lipinski definition) is 2. The molecule has 0 saturated heterocycles. The van der Waals surface area contributed by atoms with Gasteiger partial charge in [-0.2, -0.15) is 0 Å². The molecule has 1 aliphatic carbocycles. The van der Waals surface area contributed by atoms with Gasteiger partial charge >= 0.3 is 5.97 Å². The molecule has 20 heavy (non-hydrogen) atoms. The first kappa shape index (κ1) is 15.0. The summed E-state index contributed by atoms with van der Waals surface area (Å²) in [7, 11) is 0. The van der Waals surface area contributed by atoms with Crippen LogP contribution in [0.4, 0.5) is 0 Å². The number of carbonyl (C=O) groups excluding carboxylic acids is 1. The lowest BCUT2D eigenvalue weighted by molar-refractivity contribution is -0.142. The zero-order chi connectivity index (χ0) is 14.7. The van der Waals surface area contributed by atoms with Crippen molar-refractivity contribution in [3.05, 3.63) is 33.8 Å². The second kappa shape index (κ2) is 6.39. The fraction of sp³-hybridized carbons (Fsp3) is 0.467. The molecule has 2 rings (SSSR count). The van der Waals surface area contributed by atoms with E-state index in [0.29, 0.717) is 18.4 Å². The topological polar surface area (TPSA) is 66.4 Å². The fourth-order valence-electron chi connectivity index (χ4n) is 2.54. The van der Waals surface area contributed by atoms with Gasteiger partial charge in [0.2, 0.25) is 0 Å². The zero-order valence-corrected chi connectivity index (χ0v) is 12.9. The number of hydrogen-bond acceptors (Lipinski definition) is 2. The van der Waals surface area contributed by atoms with Crippen LogP contribution in [0, 0.1) is 12.8 Å². The predicted molar refractivity (Wildman–Crippen MR) is 79.7 cm³/mol. The zero-order valence-electron chi connectivity index (χ0n) is 11.4. The Balaban J connectivity index is 1.92. The number of carbonyl (C=O) groups is 2. The van der Waals surface area contributed by atoms with Crippen molar-refractivity contribution >= 4 is 27.8 Å². The average molecular weight is 340 g/mol. The average Bonchev–Trinajstić information content (AvgIpc) is 2.42. The number of carboxylic acid groups (broad SMARTS) is 1. The SMILES string of the molecule is Cc1cc(C(=O)NC2CCC(C(=O)O)CC2)ccc1Br. The maximum absolute atomic E-state index is 12.1. The van der Waals surface area contributed by atoms with Gasteiger partial charge in [0.1, 0.15) is 0 Å². The third kappa shape index (κ3) is 3.60. The summed E-state index contributed by atoms with van der Waals surface area (Å²) in [6.45, 7) is 1.94. The molecule has 1 aromatic rings. The highest BCUT2D eigenvalue weighted by molar-refractivity contribution is 9.10. The third-order valence-corrected chi connectivity index (χ3v) is 4.72. The molecule has 0 bridgehead atoms. The van der Waals surface area contributed by atoms with E-state index in [0.717, 1.165) is 22.9 Å². The molecule has 1 aliphatic rings. The van der Waals surface area contributed by atoms with Gasteiger partial charge < -0.3 is 10.4 Å². The first-order valence-electron chi connectivity index (χ1n) is 6.77. The lowest BCUT2D eigenvalue weighted by Crippen LogP contribution is -2.38. The molecule has 0 radical (unpaired) electrons. The fourth-order valence-corrected chi connectivity index (χ4v) is 2.79. The Morgan fingerprint density at radius 1 is 1.25 bits per heavy atom. The van der Waals surface area contributed by atoms with Crippen LogP contribution in [0.25, 0.3) is 0 Å². The first-order chi connectivity index (χ1) is 9.47. The number of aliphatic carboxylic acids is 1. The summed E-state index contributed by atoms with van der Waals surface area (Å²) in [5, 5.41) is 11.9. The number of benzene rings is 1.